The van der Waals surface area contributed by atoms with Crippen LogP contribution in [0.4, 0.5) is 0 Å². The first-order chi connectivity index (χ1) is 9.65. The molecule has 0 unspecified atom stereocenters. The molecule has 1 aromatic carbocycles. The number of rotatable bonds is 3. The van der Waals surface area contributed by atoms with E-state index in [9.17, 15) is 9.59 Å². The summed E-state index contributed by atoms with van der Waals surface area (Å²) in [6, 6.07) is 11.1. The minimum atomic E-state index is -0.858. The molecule has 20 heavy (non-hydrogen) atoms. The fourth-order valence-corrected chi connectivity index (χ4v) is 2.13. The molecule has 6 nitrogen and oxygen atoms in total. The molecule has 6 heteroatoms. The number of amides is 1. The van der Waals surface area contributed by atoms with Crippen molar-refractivity contribution in [1.82, 2.24) is 14.7 Å². The molecule has 0 spiro atoms. The fourth-order valence-electron chi connectivity index (χ4n) is 2.13. The molecule has 1 saturated heterocycles. The van der Waals surface area contributed by atoms with Crippen molar-refractivity contribution in [3.05, 3.63) is 48.3 Å². The minimum absolute atomic E-state index is 0.225. The Balaban J connectivity index is 1.72. The van der Waals surface area contributed by atoms with Crippen LogP contribution in [0.15, 0.2) is 42.6 Å². The van der Waals surface area contributed by atoms with Gasteiger partial charge < -0.3 is 10.0 Å². The van der Waals surface area contributed by atoms with Crippen LogP contribution in [0.2, 0.25) is 0 Å². The van der Waals surface area contributed by atoms with E-state index in [0.717, 1.165) is 5.69 Å². The lowest BCUT2D eigenvalue weighted by atomic mass is 10.0. The number of aliphatic carboxylic acids is 1. The van der Waals surface area contributed by atoms with Gasteiger partial charge >= 0.3 is 5.97 Å². The molecule has 1 aromatic heterocycles. The molecule has 0 saturated carbocycles. The zero-order chi connectivity index (χ0) is 14.1. The molecule has 0 aliphatic carbocycles. The number of hydrogen-bond acceptors (Lipinski definition) is 3. The van der Waals surface area contributed by atoms with Crippen LogP contribution in [-0.2, 0) is 4.79 Å². The van der Waals surface area contributed by atoms with Gasteiger partial charge in [0.25, 0.3) is 5.91 Å². The third kappa shape index (κ3) is 2.16. The van der Waals surface area contributed by atoms with Crippen LogP contribution < -0.4 is 0 Å². The van der Waals surface area contributed by atoms with Gasteiger partial charge in [-0.05, 0) is 18.2 Å². The number of para-hydroxylation sites is 1. The van der Waals surface area contributed by atoms with E-state index in [1.165, 1.54) is 4.90 Å². The Morgan fingerprint density at radius 3 is 2.50 bits per heavy atom. The van der Waals surface area contributed by atoms with Gasteiger partial charge in [0.1, 0.15) is 0 Å². The van der Waals surface area contributed by atoms with E-state index in [2.05, 4.69) is 5.10 Å². The monoisotopic (exact) mass is 271 g/mol. The molecular formula is C14H13N3O3. The molecule has 0 atom stereocenters. The second-order valence-corrected chi connectivity index (χ2v) is 4.73. The van der Waals surface area contributed by atoms with Crippen molar-refractivity contribution in [2.75, 3.05) is 13.1 Å². The molecular weight excluding hydrogens is 258 g/mol. The van der Waals surface area contributed by atoms with E-state index in [1.807, 2.05) is 30.3 Å². The average molecular weight is 271 g/mol. The summed E-state index contributed by atoms with van der Waals surface area (Å²) in [6.45, 7) is 0.513. The third-order valence-electron chi connectivity index (χ3n) is 3.35. The van der Waals surface area contributed by atoms with E-state index >= 15 is 0 Å². The van der Waals surface area contributed by atoms with Crippen molar-refractivity contribution in [2.24, 2.45) is 5.92 Å². The maximum Gasteiger partial charge on any atom is 0.310 e. The zero-order valence-electron chi connectivity index (χ0n) is 10.6. The SMILES string of the molecule is O=C(O)C1CN(C(=O)c2ccn(-c3ccccc3)n2)C1. The van der Waals surface area contributed by atoms with Crippen LogP contribution in [0, 0.1) is 5.92 Å². The lowest BCUT2D eigenvalue weighted by molar-refractivity contribution is -0.146. The number of nitrogens with zero attached hydrogens (tertiary/aromatic N) is 3. The van der Waals surface area contributed by atoms with Gasteiger partial charge in [0, 0.05) is 19.3 Å². The molecule has 2 aromatic rings. The topological polar surface area (TPSA) is 75.4 Å². The van der Waals surface area contributed by atoms with E-state index in [-0.39, 0.29) is 19.0 Å². The van der Waals surface area contributed by atoms with Crippen molar-refractivity contribution < 1.29 is 14.7 Å². The number of likely N-dealkylation sites (tertiary alicyclic amines) is 1. The zero-order valence-corrected chi connectivity index (χ0v) is 10.6. The summed E-state index contributed by atoms with van der Waals surface area (Å²) in [6.07, 6.45) is 1.72. The van der Waals surface area contributed by atoms with E-state index < -0.39 is 11.9 Å². The van der Waals surface area contributed by atoms with Crippen LogP contribution in [0.1, 0.15) is 10.5 Å². The Hall–Kier alpha value is -2.63. The fraction of sp³-hybridized carbons (Fsp3) is 0.214. The summed E-state index contributed by atoms with van der Waals surface area (Å²) in [7, 11) is 0. The molecule has 0 radical (unpaired) electrons. The molecule has 3 rings (SSSR count). The summed E-state index contributed by atoms with van der Waals surface area (Å²) in [5.41, 5.74) is 1.20. The van der Waals surface area contributed by atoms with Crippen LogP contribution >= 0.6 is 0 Å². The van der Waals surface area contributed by atoms with Crippen molar-refractivity contribution in [1.29, 1.82) is 0 Å². The predicted molar refractivity (Wildman–Crippen MR) is 70.6 cm³/mol. The number of hydrogen-bond donors (Lipinski definition) is 1. The molecule has 1 aliphatic heterocycles. The highest BCUT2D eigenvalue weighted by molar-refractivity contribution is 5.93. The highest BCUT2D eigenvalue weighted by Crippen LogP contribution is 2.18. The van der Waals surface area contributed by atoms with Crippen LogP contribution in [0.3, 0.4) is 0 Å². The highest BCUT2D eigenvalue weighted by atomic mass is 16.4. The number of carbonyl (C=O) groups is 2. The van der Waals surface area contributed by atoms with Crippen molar-refractivity contribution in [2.45, 2.75) is 0 Å². The normalized spacial score (nSPS) is 14.9. The average Bonchev–Trinajstić information content (AvgIpc) is 2.87. The smallest absolute Gasteiger partial charge is 0.310 e. The summed E-state index contributed by atoms with van der Waals surface area (Å²) < 4.78 is 1.63. The maximum atomic E-state index is 12.1. The third-order valence-corrected chi connectivity index (χ3v) is 3.35. The second-order valence-electron chi connectivity index (χ2n) is 4.73. The van der Waals surface area contributed by atoms with Crippen molar-refractivity contribution in [3.8, 4) is 5.69 Å². The number of carboxylic acid groups (broad SMARTS) is 1. The molecule has 1 amide bonds. The largest absolute Gasteiger partial charge is 0.481 e. The Morgan fingerprint density at radius 2 is 1.85 bits per heavy atom. The minimum Gasteiger partial charge on any atom is -0.481 e. The van der Waals surface area contributed by atoms with Crippen LogP contribution in [0.25, 0.3) is 5.69 Å². The predicted octanol–water partition coefficient (Wildman–Crippen LogP) is 1.03. The molecule has 1 aliphatic rings. The lowest BCUT2D eigenvalue weighted by Crippen LogP contribution is -2.53. The maximum absolute atomic E-state index is 12.1. The van der Waals surface area contributed by atoms with Gasteiger partial charge in [-0.25, -0.2) is 4.68 Å². The van der Waals surface area contributed by atoms with Gasteiger partial charge in [-0.2, -0.15) is 5.10 Å². The number of carbonyl (C=O) groups excluding carboxylic acids is 1. The van der Waals surface area contributed by atoms with E-state index in [0.29, 0.717) is 5.69 Å². The number of carboxylic acids is 1. The Kier molecular flexibility index (Phi) is 2.98. The Morgan fingerprint density at radius 1 is 1.15 bits per heavy atom. The molecule has 102 valence electrons. The van der Waals surface area contributed by atoms with Crippen LogP contribution in [0.5, 0.6) is 0 Å². The second kappa shape index (κ2) is 4.80. The van der Waals surface area contributed by atoms with Gasteiger partial charge in [0.15, 0.2) is 5.69 Å². The quantitative estimate of drug-likeness (QED) is 0.904. The number of benzene rings is 1. The van der Waals surface area contributed by atoms with Gasteiger partial charge in [0.05, 0.1) is 11.6 Å². The van der Waals surface area contributed by atoms with Crippen molar-refractivity contribution >= 4 is 11.9 Å². The first-order valence-electron chi connectivity index (χ1n) is 6.28. The van der Waals surface area contributed by atoms with Crippen LogP contribution in [-0.4, -0.2) is 44.8 Å². The highest BCUT2D eigenvalue weighted by Gasteiger charge is 2.36. The van der Waals surface area contributed by atoms with E-state index in [1.54, 1.807) is 16.9 Å². The number of aromatic nitrogens is 2. The molecule has 1 N–H and O–H groups in total. The molecule has 2 heterocycles. The molecule has 1 fully saturated rings. The summed E-state index contributed by atoms with van der Waals surface area (Å²) in [4.78, 5) is 24.3. The van der Waals surface area contributed by atoms with Gasteiger partial charge in [0.2, 0.25) is 0 Å². The molecule has 0 bridgehead atoms. The first kappa shape index (κ1) is 12.4. The standard InChI is InChI=1S/C14H13N3O3/c18-13(16-8-10(9-16)14(19)20)12-6-7-17(15-12)11-4-2-1-3-5-11/h1-7,10H,8-9H2,(H,19,20). The van der Waals surface area contributed by atoms with E-state index in [4.69, 9.17) is 5.11 Å². The lowest BCUT2D eigenvalue weighted by Gasteiger charge is -2.36. The van der Waals surface area contributed by atoms with Gasteiger partial charge in [-0.1, -0.05) is 18.2 Å². The first-order valence-corrected chi connectivity index (χ1v) is 6.28. The Labute approximate surface area is 115 Å². The van der Waals surface area contributed by atoms with Gasteiger partial charge in [-0.15, -0.1) is 0 Å². The Bertz CT molecular complexity index is 645. The summed E-state index contributed by atoms with van der Waals surface area (Å²) in [5.74, 6) is -1.53. The summed E-state index contributed by atoms with van der Waals surface area (Å²) in [5, 5.41) is 13.0. The van der Waals surface area contributed by atoms with Gasteiger partial charge in [-0.3, -0.25) is 9.59 Å². The van der Waals surface area contributed by atoms with Crippen molar-refractivity contribution in [3.63, 3.8) is 0 Å². The summed E-state index contributed by atoms with van der Waals surface area (Å²) >= 11 is 0.